The molecule has 3 rings (SSSR count). The van der Waals surface area contributed by atoms with Crippen LogP contribution in [0.5, 0.6) is 0 Å². The Morgan fingerprint density at radius 2 is 1.47 bits per heavy atom. The lowest BCUT2D eigenvalue weighted by Gasteiger charge is -2.10. The summed E-state index contributed by atoms with van der Waals surface area (Å²) in [5, 5.41) is 5.36. The van der Waals surface area contributed by atoms with Gasteiger partial charge in [-0.2, -0.15) is 0 Å². The van der Waals surface area contributed by atoms with E-state index < -0.39 is 0 Å². The highest BCUT2D eigenvalue weighted by atomic mass is 16.5. The lowest BCUT2D eigenvalue weighted by molar-refractivity contribution is 0.0879. The van der Waals surface area contributed by atoms with Crippen molar-refractivity contribution in [3.8, 4) is 0 Å². The Morgan fingerprint density at radius 3 is 1.82 bits per heavy atom. The molecule has 0 bridgehead atoms. The van der Waals surface area contributed by atoms with E-state index in [0.717, 1.165) is 26.3 Å². The molecule has 0 unspecified atom stereocenters. The van der Waals surface area contributed by atoms with Crippen molar-refractivity contribution >= 4 is 11.8 Å². The molecular weight excluding hydrogens is 220 g/mol. The molecular formula is C12H14N2O3. The van der Waals surface area contributed by atoms with E-state index >= 15 is 0 Å². The number of hydrogen-bond donors (Lipinski definition) is 2. The summed E-state index contributed by atoms with van der Waals surface area (Å²) in [5.74, 6) is -0.601. The Balaban J connectivity index is 0.000000153. The number of amides is 2. The van der Waals surface area contributed by atoms with Crippen LogP contribution in [-0.4, -0.2) is 38.1 Å². The molecule has 0 saturated carbocycles. The van der Waals surface area contributed by atoms with Gasteiger partial charge in [0.1, 0.15) is 0 Å². The van der Waals surface area contributed by atoms with Gasteiger partial charge >= 0.3 is 0 Å². The Morgan fingerprint density at radius 1 is 0.941 bits per heavy atom. The zero-order valence-corrected chi connectivity index (χ0v) is 9.36. The third-order valence-electron chi connectivity index (χ3n) is 2.49. The number of fused-ring (bicyclic) bond motifs is 1. The summed E-state index contributed by atoms with van der Waals surface area (Å²) in [6.45, 7) is 3.83. The summed E-state index contributed by atoms with van der Waals surface area (Å²) in [5.41, 5.74) is 0.940. The van der Waals surface area contributed by atoms with Crippen molar-refractivity contribution < 1.29 is 14.3 Å². The van der Waals surface area contributed by atoms with Crippen molar-refractivity contribution in [1.29, 1.82) is 0 Å². The highest BCUT2D eigenvalue weighted by Crippen LogP contribution is 2.13. The normalized spacial score (nSPS) is 17.9. The second-order valence-corrected chi connectivity index (χ2v) is 3.69. The molecule has 90 valence electrons. The molecule has 1 saturated heterocycles. The van der Waals surface area contributed by atoms with Gasteiger partial charge in [-0.25, -0.2) is 0 Å². The second kappa shape index (κ2) is 5.56. The molecule has 1 aromatic rings. The molecule has 0 aromatic heterocycles. The van der Waals surface area contributed by atoms with Crippen LogP contribution in [0.2, 0.25) is 0 Å². The Hall–Kier alpha value is -1.72. The topological polar surface area (TPSA) is 67.4 Å². The molecule has 1 aromatic carbocycles. The van der Waals surface area contributed by atoms with E-state index in [1.165, 1.54) is 0 Å². The van der Waals surface area contributed by atoms with E-state index in [4.69, 9.17) is 4.74 Å². The number of morpholine rings is 1. The number of ether oxygens (including phenoxy) is 1. The van der Waals surface area contributed by atoms with Crippen LogP contribution < -0.4 is 10.6 Å². The molecule has 2 heterocycles. The fourth-order valence-corrected chi connectivity index (χ4v) is 1.63. The van der Waals surface area contributed by atoms with Crippen molar-refractivity contribution in [2.75, 3.05) is 26.3 Å². The molecule has 0 aliphatic carbocycles. The van der Waals surface area contributed by atoms with Crippen molar-refractivity contribution in [1.82, 2.24) is 10.6 Å². The van der Waals surface area contributed by atoms with Gasteiger partial charge in [-0.3, -0.25) is 14.9 Å². The predicted molar refractivity (Wildman–Crippen MR) is 61.9 cm³/mol. The van der Waals surface area contributed by atoms with Crippen molar-refractivity contribution in [3.63, 3.8) is 0 Å². The number of carbonyl (C=O) groups is 2. The average molecular weight is 234 g/mol. The molecule has 0 spiro atoms. The second-order valence-electron chi connectivity index (χ2n) is 3.69. The Labute approximate surface area is 99.2 Å². The largest absolute Gasteiger partial charge is 0.379 e. The maximum Gasteiger partial charge on any atom is 0.258 e. The Bertz CT molecular complexity index is 383. The van der Waals surface area contributed by atoms with Gasteiger partial charge in [0.05, 0.1) is 24.3 Å². The first-order valence-corrected chi connectivity index (χ1v) is 5.52. The summed E-state index contributed by atoms with van der Waals surface area (Å²) in [6, 6.07) is 6.74. The summed E-state index contributed by atoms with van der Waals surface area (Å²) in [6.07, 6.45) is 0. The number of hydrogen-bond acceptors (Lipinski definition) is 4. The third-order valence-corrected chi connectivity index (χ3v) is 2.49. The van der Waals surface area contributed by atoms with Crippen LogP contribution in [0.1, 0.15) is 20.7 Å². The van der Waals surface area contributed by atoms with Crippen LogP contribution in [0.25, 0.3) is 0 Å². The van der Waals surface area contributed by atoms with E-state index in [2.05, 4.69) is 10.6 Å². The molecule has 2 aliphatic rings. The summed E-state index contributed by atoms with van der Waals surface area (Å²) in [7, 11) is 0. The minimum atomic E-state index is -0.300. The first-order chi connectivity index (χ1) is 8.29. The highest BCUT2D eigenvalue weighted by Gasteiger charge is 2.25. The van der Waals surface area contributed by atoms with Gasteiger partial charge in [-0.1, -0.05) is 12.1 Å². The number of rotatable bonds is 0. The van der Waals surface area contributed by atoms with Gasteiger partial charge in [0.25, 0.3) is 11.8 Å². The quantitative estimate of drug-likeness (QED) is 0.628. The summed E-state index contributed by atoms with van der Waals surface area (Å²) >= 11 is 0. The minimum Gasteiger partial charge on any atom is -0.379 e. The van der Waals surface area contributed by atoms with Gasteiger partial charge in [-0.05, 0) is 12.1 Å². The lowest BCUT2D eigenvalue weighted by atomic mass is 10.1. The van der Waals surface area contributed by atoms with Crippen LogP contribution >= 0.6 is 0 Å². The van der Waals surface area contributed by atoms with Gasteiger partial charge in [0, 0.05) is 13.1 Å². The van der Waals surface area contributed by atoms with Crippen LogP contribution in [0.3, 0.4) is 0 Å². The summed E-state index contributed by atoms with van der Waals surface area (Å²) < 4.78 is 5.01. The number of benzene rings is 1. The van der Waals surface area contributed by atoms with Crippen LogP contribution in [-0.2, 0) is 4.74 Å². The van der Waals surface area contributed by atoms with Crippen LogP contribution in [0.4, 0.5) is 0 Å². The van der Waals surface area contributed by atoms with Crippen LogP contribution in [0, 0.1) is 0 Å². The maximum atomic E-state index is 10.9. The number of nitrogens with one attached hydrogen (secondary N) is 2. The standard InChI is InChI=1S/C8H5NO2.C4H9NO/c10-7-5-3-1-2-4-6(5)8(11)9-7;1-3-6-4-2-5-1/h1-4H,(H,9,10,11);5H,1-4H2. The van der Waals surface area contributed by atoms with E-state index in [1.54, 1.807) is 24.3 Å². The molecule has 17 heavy (non-hydrogen) atoms. The number of imide groups is 1. The lowest BCUT2D eigenvalue weighted by Crippen LogP contribution is -2.30. The smallest absolute Gasteiger partial charge is 0.258 e. The summed E-state index contributed by atoms with van der Waals surface area (Å²) in [4.78, 5) is 21.9. The van der Waals surface area contributed by atoms with Gasteiger partial charge in [0.15, 0.2) is 0 Å². The van der Waals surface area contributed by atoms with Gasteiger partial charge in [0.2, 0.25) is 0 Å². The molecule has 0 atom stereocenters. The zero-order chi connectivity index (χ0) is 12.1. The molecule has 2 amide bonds. The molecule has 2 aliphatic heterocycles. The molecule has 0 radical (unpaired) electrons. The minimum absolute atomic E-state index is 0.300. The SMILES string of the molecule is C1COCCN1.O=C1NC(=O)c2ccccc21. The first kappa shape index (κ1) is 11.8. The van der Waals surface area contributed by atoms with Gasteiger partial charge in [-0.15, -0.1) is 0 Å². The molecule has 2 N–H and O–H groups in total. The predicted octanol–water partition coefficient (Wildman–Crippen LogP) is 0.176. The van der Waals surface area contributed by atoms with E-state index in [0.29, 0.717) is 11.1 Å². The van der Waals surface area contributed by atoms with Crippen LogP contribution in [0.15, 0.2) is 24.3 Å². The van der Waals surface area contributed by atoms with Gasteiger partial charge < -0.3 is 10.1 Å². The van der Waals surface area contributed by atoms with Crippen molar-refractivity contribution in [2.24, 2.45) is 0 Å². The molecule has 5 nitrogen and oxygen atoms in total. The van der Waals surface area contributed by atoms with Crippen molar-refractivity contribution in [2.45, 2.75) is 0 Å². The number of carbonyl (C=O) groups excluding carboxylic acids is 2. The maximum absolute atomic E-state index is 10.9. The first-order valence-electron chi connectivity index (χ1n) is 5.52. The van der Waals surface area contributed by atoms with E-state index in [9.17, 15) is 9.59 Å². The molecule has 5 heteroatoms. The van der Waals surface area contributed by atoms with E-state index in [1.807, 2.05) is 0 Å². The fourth-order valence-electron chi connectivity index (χ4n) is 1.63. The fraction of sp³-hybridized carbons (Fsp3) is 0.333. The average Bonchev–Trinajstić information content (AvgIpc) is 2.69. The van der Waals surface area contributed by atoms with Crippen molar-refractivity contribution in [3.05, 3.63) is 35.4 Å². The Kier molecular flexibility index (Phi) is 3.85. The molecule has 1 fully saturated rings. The third kappa shape index (κ3) is 2.89. The zero-order valence-electron chi connectivity index (χ0n) is 9.36. The highest BCUT2D eigenvalue weighted by molar-refractivity contribution is 6.21. The van der Waals surface area contributed by atoms with E-state index in [-0.39, 0.29) is 11.8 Å². The monoisotopic (exact) mass is 234 g/mol.